The van der Waals surface area contributed by atoms with Crippen LogP contribution in [0.4, 0.5) is 0 Å². The van der Waals surface area contributed by atoms with Gasteiger partial charge >= 0.3 is 0 Å². The zero-order chi connectivity index (χ0) is 20.1. The Morgan fingerprint density at radius 1 is 1.21 bits per heavy atom. The van der Waals surface area contributed by atoms with E-state index >= 15 is 0 Å². The van der Waals surface area contributed by atoms with E-state index in [1.807, 2.05) is 38.1 Å². The number of amides is 1. The van der Waals surface area contributed by atoms with Crippen LogP contribution in [-0.2, 0) is 16.1 Å². The molecule has 4 nitrogen and oxygen atoms in total. The molecule has 2 aromatic carbocycles. The second kappa shape index (κ2) is 9.64. The van der Waals surface area contributed by atoms with Gasteiger partial charge in [0.15, 0.2) is 6.61 Å². The third-order valence-electron chi connectivity index (χ3n) is 4.93. The van der Waals surface area contributed by atoms with Gasteiger partial charge < -0.3 is 14.4 Å². The molecule has 28 heavy (non-hydrogen) atoms. The van der Waals surface area contributed by atoms with Gasteiger partial charge in [-0.15, -0.1) is 0 Å². The molecule has 0 aromatic heterocycles. The fraction of sp³-hybridized carbons (Fsp3) is 0.409. The highest BCUT2D eigenvalue weighted by Gasteiger charge is 2.24. The van der Waals surface area contributed by atoms with Crippen LogP contribution in [0.2, 0.25) is 10.0 Å². The van der Waals surface area contributed by atoms with E-state index in [1.54, 1.807) is 17.0 Å². The van der Waals surface area contributed by atoms with Gasteiger partial charge in [0.1, 0.15) is 5.75 Å². The molecule has 1 aliphatic rings. The first kappa shape index (κ1) is 21.0. The van der Waals surface area contributed by atoms with Gasteiger partial charge in [-0.05, 0) is 55.5 Å². The lowest BCUT2D eigenvalue weighted by Crippen LogP contribution is -2.39. The highest BCUT2D eigenvalue weighted by molar-refractivity contribution is 6.35. The lowest BCUT2D eigenvalue weighted by molar-refractivity contribution is -0.135. The number of halogens is 2. The molecule has 1 aliphatic heterocycles. The third-order valence-corrected chi connectivity index (χ3v) is 5.51. The summed E-state index contributed by atoms with van der Waals surface area (Å²) in [5.74, 6) is 0.668. The molecule has 3 rings (SSSR count). The van der Waals surface area contributed by atoms with Crippen LogP contribution >= 0.6 is 23.2 Å². The third kappa shape index (κ3) is 5.40. The molecule has 1 saturated heterocycles. The number of benzene rings is 2. The maximum Gasteiger partial charge on any atom is 0.260 e. The molecule has 0 spiro atoms. The molecule has 0 saturated carbocycles. The molecule has 0 N–H and O–H groups in total. The zero-order valence-corrected chi connectivity index (χ0v) is 17.7. The normalized spacial score (nSPS) is 16.2. The van der Waals surface area contributed by atoms with Crippen LogP contribution in [0.1, 0.15) is 29.5 Å². The fourth-order valence-electron chi connectivity index (χ4n) is 3.40. The number of rotatable bonds is 7. The van der Waals surface area contributed by atoms with Crippen LogP contribution in [-0.4, -0.2) is 36.7 Å². The van der Waals surface area contributed by atoms with E-state index in [9.17, 15) is 4.79 Å². The standard InChI is InChI=1S/C22H25Cl2NO3/c1-15-5-3-6-16(2)22(15)28-14-21(26)25(13-19-7-4-10-27-19)12-17-8-9-18(23)11-20(17)24/h3,5-6,8-9,11,19H,4,7,10,12-14H2,1-2H3. The predicted molar refractivity (Wildman–Crippen MR) is 112 cm³/mol. The van der Waals surface area contributed by atoms with Crippen molar-refractivity contribution in [3.8, 4) is 5.75 Å². The summed E-state index contributed by atoms with van der Waals surface area (Å²) in [6.07, 6.45) is 2.03. The van der Waals surface area contributed by atoms with Crippen molar-refractivity contribution in [1.82, 2.24) is 4.90 Å². The summed E-state index contributed by atoms with van der Waals surface area (Å²) in [6, 6.07) is 11.3. The van der Waals surface area contributed by atoms with Gasteiger partial charge in [0.2, 0.25) is 0 Å². The second-order valence-corrected chi connectivity index (χ2v) is 8.00. The van der Waals surface area contributed by atoms with Crippen LogP contribution in [0, 0.1) is 13.8 Å². The average Bonchev–Trinajstić information content (AvgIpc) is 3.16. The Kier molecular flexibility index (Phi) is 7.22. The summed E-state index contributed by atoms with van der Waals surface area (Å²) < 4.78 is 11.6. The first-order chi connectivity index (χ1) is 13.4. The van der Waals surface area contributed by atoms with Crippen LogP contribution in [0.15, 0.2) is 36.4 Å². The van der Waals surface area contributed by atoms with E-state index in [1.165, 1.54) is 0 Å². The van der Waals surface area contributed by atoms with Crippen molar-refractivity contribution in [3.05, 3.63) is 63.1 Å². The van der Waals surface area contributed by atoms with Crippen molar-refractivity contribution in [2.45, 2.75) is 39.3 Å². The minimum atomic E-state index is -0.0934. The maximum atomic E-state index is 13.0. The summed E-state index contributed by atoms with van der Waals surface area (Å²) in [6.45, 7) is 5.59. The van der Waals surface area contributed by atoms with E-state index in [4.69, 9.17) is 32.7 Å². The Morgan fingerprint density at radius 3 is 2.61 bits per heavy atom. The number of carbonyl (C=O) groups excluding carboxylic acids is 1. The van der Waals surface area contributed by atoms with E-state index in [0.717, 1.165) is 41.9 Å². The van der Waals surface area contributed by atoms with Crippen molar-refractivity contribution in [3.63, 3.8) is 0 Å². The van der Waals surface area contributed by atoms with Gasteiger partial charge in [0.05, 0.1) is 6.10 Å². The number of para-hydroxylation sites is 1. The Bertz CT molecular complexity index is 814. The first-order valence-electron chi connectivity index (χ1n) is 9.46. The van der Waals surface area contributed by atoms with Crippen LogP contribution in [0.5, 0.6) is 5.75 Å². The summed E-state index contributed by atoms with van der Waals surface area (Å²) in [5.41, 5.74) is 2.88. The van der Waals surface area contributed by atoms with E-state index in [2.05, 4.69) is 0 Å². The highest BCUT2D eigenvalue weighted by Crippen LogP contribution is 2.25. The van der Waals surface area contributed by atoms with Crippen LogP contribution < -0.4 is 4.74 Å². The number of aryl methyl sites for hydroxylation is 2. The molecule has 1 unspecified atom stereocenters. The largest absolute Gasteiger partial charge is 0.483 e. The fourth-order valence-corrected chi connectivity index (χ4v) is 3.86. The van der Waals surface area contributed by atoms with Crippen molar-refractivity contribution in [1.29, 1.82) is 0 Å². The SMILES string of the molecule is Cc1cccc(C)c1OCC(=O)N(Cc1ccc(Cl)cc1Cl)CC1CCCO1. The van der Waals surface area contributed by atoms with Gasteiger partial charge in [0.25, 0.3) is 5.91 Å². The Morgan fingerprint density at radius 2 is 1.96 bits per heavy atom. The topological polar surface area (TPSA) is 38.8 Å². The minimum absolute atomic E-state index is 0.0242. The van der Waals surface area contributed by atoms with Crippen molar-refractivity contribution in [2.24, 2.45) is 0 Å². The first-order valence-corrected chi connectivity index (χ1v) is 10.2. The molecule has 6 heteroatoms. The van der Waals surface area contributed by atoms with E-state index in [0.29, 0.717) is 23.1 Å². The minimum Gasteiger partial charge on any atom is -0.483 e. The molecule has 1 heterocycles. The number of hydrogen-bond donors (Lipinski definition) is 0. The molecule has 0 radical (unpaired) electrons. The summed E-state index contributed by atoms with van der Waals surface area (Å²) in [5, 5.41) is 1.12. The zero-order valence-electron chi connectivity index (χ0n) is 16.2. The van der Waals surface area contributed by atoms with E-state index in [-0.39, 0.29) is 18.6 Å². The van der Waals surface area contributed by atoms with Crippen molar-refractivity contribution >= 4 is 29.1 Å². The maximum absolute atomic E-state index is 13.0. The Labute approximate surface area is 176 Å². The molecule has 0 aliphatic carbocycles. The van der Waals surface area contributed by atoms with E-state index < -0.39 is 0 Å². The van der Waals surface area contributed by atoms with Crippen LogP contribution in [0.25, 0.3) is 0 Å². The number of hydrogen-bond acceptors (Lipinski definition) is 3. The second-order valence-electron chi connectivity index (χ2n) is 7.15. The molecule has 1 atom stereocenters. The quantitative estimate of drug-likeness (QED) is 0.616. The molecular weight excluding hydrogens is 397 g/mol. The molecular formula is C22H25Cl2NO3. The number of carbonyl (C=O) groups is 1. The molecule has 1 fully saturated rings. The lowest BCUT2D eigenvalue weighted by Gasteiger charge is -2.26. The van der Waals surface area contributed by atoms with Gasteiger partial charge in [-0.3, -0.25) is 4.79 Å². The monoisotopic (exact) mass is 421 g/mol. The number of nitrogens with zero attached hydrogens (tertiary/aromatic N) is 1. The molecule has 0 bridgehead atoms. The molecule has 2 aromatic rings. The average molecular weight is 422 g/mol. The number of ether oxygens (including phenoxy) is 2. The molecule has 1 amide bonds. The smallest absolute Gasteiger partial charge is 0.260 e. The predicted octanol–water partition coefficient (Wildman–Crippen LogP) is 5.20. The van der Waals surface area contributed by atoms with Gasteiger partial charge in [-0.25, -0.2) is 0 Å². The Hall–Kier alpha value is -1.75. The lowest BCUT2D eigenvalue weighted by atomic mass is 10.1. The van der Waals surface area contributed by atoms with Crippen molar-refractivity contribution in [2.75, 3.05) is 19.8 Å². The van der Waals surface area contributed by atoms with Gasteiger partial charge in [-0.2, -0.15) is 0 Å². The molecule has 150 valence electrons. The highest BCUT2D eigenvalue weighted by atomic mass is 35.5. The van der Waals surface area contributed by atoms with Gasteiger partial charge in [-0.1, -0.05) is 47.5 Å². The van der Waals surface area contributed by atoms with Crippen molar-refractivity contribution < 1.29 is 14.3 Å². The summed E-state index contributed by atoms with van der Waals surface area (Å²) in [4.78, 5) is 14.7. The summed E-state index contributed by atoms with van der Waals surface area (Å²) >= 11 is 12.3. The van der Waals surface area contributed by atoms with Gasteiger partial charge in [0, 0.05) is 29.7 Å². The summed E-state index contributed by atoms with van der Waals surface area (Å²) in [7, 11) is 0. The Balaban J connectivity index is 1.72. The van der Waals surface area contributed by atoms with Crippen LogP contribution in [0.3, 0.4) is 0 Å².